The first-order valence-electron chi connectivity index (χ1n) is 6.47. The van der Waals surface area contributed by atoms with Crippen molar-refractivity contribution in [3.63, 3.8) is 0 Å². The lowest BCUT2D eigenvalue weighted by molar-refractivity contribution is -0.152. The van der Waals surface area contributed by atoms with Crippen LogP contribution in [0.2, 0.25) is 0 Å². The average molecular weight is 349 g/mol. The van der Waals surface area contributed by atoms with Gasteiger partial charge in [-0.25, -0.2) is 4.79 Å². The minimum absolute atomic E-state index is 0.100. The molecule has 0 heterocycles. The maximum absolute atomic E-state index is 13.1. The van der Waals surface area contributed by atoms with Crippen LogP contribution in [0.25, 0.3) is 0 Å². The minimum Gasteiger partial charge on any atom is -0.479 e. The lowest BCUT2D eigenvalue weighted by Gasteiger charge is -2.30. The Balaban J connectivity index is 2.30. The average Bonchev–Trinajstić information content (AvgIpc) is 2.46. The highest BCUT2D eigenvalue weighted by atomic mass is 35.5. The molecule has 0 fully saturated rings. The van der Waals surface area contributed by atoms with Crippen molar-refractivity contribution in [3.8, 4) is 5.75 Å². The van der Waals surface area contributed by atoms with Crippen molar-refractivity contribution in [1.29, 1.82) is 0 Å². The molecule has 0 spiro atoms. The molecule has 1 aliphatic rings. The Bertz CT molecular complexity index is 640. The van der Waals surface area contributed by atoms with Gasteiger partial charge in [-0.15, -0.1) is 11.6 Å². The molecule has 1 atom stereocenters. The van der Waals surface area contributed by atoms with Crippen LogP contribution in [0.1, 0.15) is 6.42 Å². The second-order valence-corrected chi connectivity index (χ2v) is 5.43. The number of allylic oxidation sites excluding steroid dienone is 3. The van der Waals surface area contributed by atoms with Crippen LogP contribution in [0.15, 0.2) is 54.0 Å². The fourth-order valence-corrected chi connectivity index (χ4v) is 2.04. The number of hydrogen-bond donors (Lipinski definition) is 1. The summed E-state index contributed by atoms with van der Waals surface area (Å²) in [7, 11) is 0. The van der Waals surface area contributed by atoms with E-state index in [4.69, 9.17) is 26.2 Å². The molecule has 1 N–H and O–H groups in total. The van der Waals surface area contributed by atoms with Gasteiger partial charge in [-0.1, -0.05) is 24.3 Å². The van der Waals surface area contributed by atoms with Gasteiger partial charge in [0.1, 0.15) is 11.5 Å². The Kier molecular flexibility index (Phi) is 4.89. The maximum atomic E-state index is 13.1. The van der Waals surface area contributed by atoms with E-state index in [2.05, 4.69) is 0 Å². The summed E-state index contributed by atoms with van der Waals surface area (Å²) >= 11 is 5.64. The summed E-state index contributed by atoms with van der Waals surface area (Å²) in [6.45, 7) is -0.706. The molecule has 8 heteroatoms. The number of carbonyl (C=O) groups is 1. The number of hydrogen-bond acceptors (Lipinski definition) is 3. The molecule has 1 unspecified atom stereocenters. The van der Waals surface area contributed by atoms with E-state index < -0.39 is 30.0 Å². The third kappa shape index (κ3) is 4.19. The van der Waals surface area contributed by atoms with E-state index in [9.17, 15) is 18.0 Å². The molecule has 0 saturated carbocycles. The number of carboxylic acids is 1. The largest absolute Gasteiger partial charge is 0.479 e. The Morgan fingerprint density at radius 1 is 1.30 bits per heavy atom. The zero-order chi connectivity index (χ0) is 17.1. The van der Waals surface area contributed by atoms with Gasteiger partial charge in [0.25, 0.3) is 0 Å². The van der Waals surface area contributed by atoms with Gasteiger partial charge in [0.2, 0.25) is 0 Å². The van der Waals surface area contributed by atoms with Crippen molar-refractivity contribution in [2.24, 2.45) is 0 Å². The van der Waals surface area contributed by atoms with Gasteiger partial charge in [0, 0.05) is 6.42 Å². The molecule has 23 heavy (non-hydrogen) atoms. The highest BCUT2D eigenvalue weighted by Gasteiger charge is 2.54. The quantitative estimate of drug-likeness (QED) is 0.820. The number of benzene rings is 1. The van der Waals surface area contributed by atoms with E-state index in [1.54, 1.807) is 30.3 Å². The molecule has 0 amide bonds. The van der Waals surface area contributed by atoms with Crippen LogP contribution in [0, 0.1) is 0 Å². The first kappa shape index (κ1) is 17.2. The number of rotatable bonds is 5. The molecule has 2 rings (SSSR count). The number of alkyl halides is 4. The zero-order valence-electron chi connectivity index (χ0n) is 11.6. The van der Waals surface area contributed by atoms with Crippen molar-refractivity contribution in [2.45, 2.75) is 17.5 Å². The van der Waals surface area contributed by atoms with E-state index in [1.807, 2.05) is 0 Å². The second-order valence-electron chi connectivity index (χ2n) is 4.76. The van der Waals surface area contributed by atoms with Crippen LogP contribution in [0.3, 0.4) is 0 Å². The van der Waals surface area contributed by atoms with Gasteiger partial charge in [-0.05, 0) is 18.2 Å². The van der Waals surface area contributed by atoms with Crippen LogP contribution in [0.5, 0.6) is 5.75 Å². The van der Waals surface area contributed by atoms with Gasteiger partial charge >= 0.3 is 12.1 Å². The summed E-state index contributed by atoms with van der Waals surface area (Å²) in [5.74, 6) is -1.26. The molecule has 124 valence electrons. The molecule has 0 saturated heterocycles. The molecule has 0 bridgehead atoms. The molecule has 1 aliphatic carbocycles. The predicted molar refractivity (Wildman–Crippen MR) is 76.1 cm³/mol. The summed E-state index contributed by atoms with van der Waals surface area (Å²) in [6.07, 6.45) is -3.71. The zero-order valence-corrected chi connectivity index (χ0v) is 12.4. The Morgan fingerprint density at radius 2 is 1.96 bits per heavy atom. The monoisotopic (exact) mass is 348 g/mol. The Labute approximate surface area is 134 Å². The highest BCUT2D eigenvalue weighted by Crippen LogP contribution is 2.45. The van der Waals surface area contributed by atoms with Crippen LogP contribution < -0.4 is 4.74 Å². The van der Waals surface area contributed by atoms with Crippen molar-refractivity contribution < 1.29 is 32.5 Å². The molecule has 0 aromatic heterocycles. The normalized spacial score (nSPS) is 21.2. The Hall–Kier alpha value is -2.15. The van der Waals surface area contributed by atoms with Crippen molar-refractivity contribution in [1.82, 2.24) is 0 Å². The van der Waals surface area contributed by atoms with Crippen molar-refractivity contribution in [2.75, 3.05) is 6.61 Å². The summed E-state index contributed by atoms with van der Waals surface area (Å²) in [5.41, 5.74) is 0. The Morgan fingerprint density at radius 3 is 2.52 bits per heavy atom. The van der Waals surface area contributed by atoms with Gasteiger partial charge in [0.15, 0.2) is 17.2 Å². The van der Waals surface area contributed by atoms with E-state index in [-0.39, 0.29) is 17.3 Å². The van der Waals surface area contributed by atoms with E-state index in [1.165, 1.54) is 0 Å². The third-order valence-electron chi connectivity index (χ3n) is 3.00. The molecule has 4 nitrogen and oxygen atoms in total. The SMILES string of the molecule is O=C(O)COC1=C(Oc2ccccc2)CC(Cl)(C(F)(F)F)C=C1. The number of carboxylic acid groups (broad SMARTS) is 1. The van der Waals surface area contributed by atoms with Gasteiger partial charge < -0.3 is 14.6 Å². The summed E-state index contributed by atoms with van der Waals surface area (Å²) < 4.78 is 49.6. The second kappa shape index (κ2) is 6.54. The summed E-state index contributed by atoms with van der Waals surface area (Å²) in [5, 5.41) is 8.63. The number of para-hydroxylation sites is 1. The smallest absolute Gasteiger partial charge is 0.411 e. The predicted octanol–water partition coefficient (Wildman–Crippen LogP) is 3.88. The van der Waals surface area contributed by atoms with E-state index in [0.29, 0.717) is 0 Å². The van der Waals surface area contributed by atoms with Gasteiger partial charge in [-0.3, -0.25) is 0 Å². The number of halogens is 4. The number of aliphatic carboxylic acids is 1. The highest BCUT2D eigenvalue weighted by molar-refractivity contribution is 6.26. The van der Waals surface area contributed by atoms with Gasteiger partial charge in [0.05, 0.1) is 0 Å². The molecular formula is C15H12ClF3O4. The molecule has 1 aromatic carbocycles. The van der Waals surface area contributed by atoms with Crippen LogP contribution in [-0.4, -0.2) is 28.7 Å². The lowest BCUT2D eigenvalue weighted by Crippen LogP contribution is -2.40. The van der Waals surface area contributed by atoms with Gasteiger partial charge in [-0.2, -0.15) is 13.2 Å². The molecule has 0 radical (unpaired) electrons. The van der Waals surface area contributed by atoms with Crippen LogP contribution >= 0.6 is 11.6 Å². The maximum Gasteiger partial charge on any atom is 0.411 e. The fourth-order valence-electron chi connectivity index (χ4n) is 1.86. The minimum atomic E-state index is -4.70. The summed E-state index contributed by atoms with van der Waals surface area (Å²) in [6, 6.07) is 8.09. The molecular weight excluding hydrogens is 337 g/mol. The van der Waals surface area contributed by atoms with Crippen LogP contribution in [0.4, 0.5) is 13.2 Å². The topological polar surface area (TPSA) is 55.8 Å². The van der Waals surface area contributed by atoms with Crippen molar-refractivity contribution in [3.05, 3.63) is 54.0 Å². The van der Waals surface area contributed by atoms with Crippen molar-refractivity contribution >= 4 is 17.6 Å². The number of ether oxygens (including phenoxy) is 2. The standard InChI is InChI=1S/C15H12ClF3O4/c16-14(15(17,18)19)7-6-11(22-9-13(20)21)12(8-14)23-10-4-2-1-3-5-10/h1-7H,8-9H2,(H,20,21). The van der Waals surface area contributed by atoms with E-state index in [0.717, 1.165) is 12.2 Å². The first-order valence-corrected chi connectivity index (χ1v) is 6.84. The molecule has 1 aromatic rings. The third-order valence-corrected chi connectivity index (χ3v) is 3.47. The molecule has 0 aliphatic heterocycles. The lowest BCUT2D eigenvalue weighted by atomic mass is 9.96. The fraction of sp³-hybridized carbons (Fsp3) is 0.267. The van der Waals surface area contributed by atoms with E-state index >= 15 is 0 Å². The van der Waals surface area contributed by atoms with Crippen LogP contribution in [-0.2, 0) is 9.53 Å². The summed E-state index contributed by atoms with van der Waals surface area (Å²) in [4.78, 5) is 7.94. The first-order chi connectivity index (χ1) is 10.7.